The molecular weight excluding hydrogens is 773 g/mol. The zero-order chi connectivity index (χ0) is 37.7. The second kappa shape index (κ2) is 13.6. The lowest BCUT2D eigenvalue weighted by molar-refractivity contribution is 0.102. The van der Waals surface area contributed by atoms with Gasteiger partial charge >= 0.3 is 0 Å². The number of aryl methyl sites for hydroxylation is 1. The number of aromatic hydroxyl groups is 1. The van der Waals surface area contributed by atoms with Crippen molar-refractivity contribution in [3.63, 3.8) is 0 Å². The lowest BCUT2D eigenvalue weighted by Crippen LogP contribution is -2.13. The number of anilines is 3. The van der Waals surface area contributed by atoms with Crippen molar-refractivity contribution in [2.75, 3.05) is 10.6 Å². The quantitative estimate of drug-likeness (QED) is 0.0588. The van der Waals surface area contributed by atoms with Gasteiger partial charge in [-0.1, -0.05) is 23.2 Å². The van der Waals surface area contributed by atoms with Crippen molar-refractivity contribution in [3.8, 4) is 5.75 Å². The molecule has 52 heavy (non-hydrogen) atoms. The molecule has 0 fully saturated rings. The van der Waals surface area contributed by atoms with E-state index < -0.39 is 65.0 Å². The standard InChI is InChI=1S/C30H18Cl2F2N8O8S2/c1-12-6-14-7-16(51(45,46)47)10-20(40-30(44)13-2-4-17-18(8-13)39-27(32)26(31)38-17)22(14)25(43)24(12)42-41-19-9-15(3-5-21(19)52(48,49)50)37-29-23(33)28(34)35-11-36-29/h2-11,43H,1H3,(H,40,44)(H,35,36,37)(H,45,46,47)(H,48,49,50). The van der Waals surface area contributed by atoms with Gasteiger partial charge < -0.3 is 15.7 Å². The lowest BCUT2D eigenvalue weighted by Gasteiger charge is -2.15. The summed E-state index contributed by atoms with van der Waals surface area (Å²) in [6.45, 7) is 1.42. The molecule has 22 heteroatoms. The van der Waals surface area contributed by atoms with Crippen molar-refractivity contribution in [2.24, 2.45) is 10.2 Å². The van der Waals surface area contributed by atoms with Crippen LogP contribution in [0.1, 0.15) is 15.9 Å². The molecule has 0 aliphatic heterocycles. The van der Waals surface area contributed by atoms with E-state index in [0.29, 0.717) is 5.52 Å². The minimum atomic E-state index is -4.94. The number of azo groups is 1. The Morgan fingerprint density at radius 2 is 1.58 bits per heavy atom. The van der Waals surface area contributed by atoms with Gasteiger partial charge in [0.2, 0.25) is 5.82 Å². The number of phenolic OH excluding ortho intramolecular Hbond substituents is 1. The summed E-state index contributed by atoms with van der Waals surface area (Å²) in [6, 6.07) is 10.3. The van der Waals surface area contributed by atoms with Gasteiger partial charge in [-0.3, -0.25) is 13.9 Å². The van der Waals surface area contributed by atoms with E-state index in [-0.39, 0.29) is 54.8 Å². The maximum Gasteiger partial charge on any atom is 0.296 e. The molecule has 2 aromatic heterocycles. The number of amides is 1. The number of phenols is 1. The van der Waals surface area contributed by atoms with Crippen LogP contribution in [0.2, 0.25) is 10.3 Å². The van der Waals surface area contributed by atoms with Gasteiger partial charge in [0, 0.05) is 16.6 Å². The highest BCUT2D eigenvalue weighted by atomic mass is 35.5. The number of nitrogens with one attached hydrogen (secondary N) is 2. The molecule has 0 saturated carbocycles. The van der Waals surface area contributed by atoms with E-state index in [0.717, 1.165) is 36.7 Å². The van der Waals surface area contributed by atoms with Crippen molar-refractivity contribution in [3.05, 3.63) is 94.1 Å². The number of hydrogen-bond donors (Lipinski definition) is 5. The maximum absolute atomic E-state index is 14.2. The van der Waals surface area contributed by atoms with E-state index in [1.54, 1.807) is 0 Å². The lowest BCUT2D eigenvalue weighted by atomic mass is 10.0. The Morgan fingerprint density at radius 1 is 0.865 bits per heavy atom. The first-order chi connectivity index (χ1) is 24.4. The number of fused-ring (bicyclic) bond motifs is 2. The topological polar surface area (TPSA) is 246 Å². The molecule has 0 spiro atoms. The molecule has 5 N–H and O–H groups in total. The van der Waals surface area contributed by atoms with Crippen LogP contribution in [0, 0.1) is 18.7 Å². The molecule has 0 atom stereocenters. The van der Waals surface area contributed by atoms with Gasteiger partial charge in [-0.05, 0) is 72.5 Å². The first kappa shape index (κ1) is 36.3. The van der Waals surface area contributed by atoms with Crippen LogP contribution in [0.3, 0.4) is 0 Å². The Balaban J connectivity index is 1.45. The van der Waals surface area contributed by atoms with Crippen LogP contribution in [0.4, 0.5) is 37.3 Å². The number of carbonyl (C=O) groups is 1. The molecule has 0 saturated heterocycles. The first-order valence-electron chi connectivity index (χ1n) is 14.1. The van der Waals surface area contributed by atoms with Gasteiger partial charge in [-0.25, -0.2) is 19.9 Å². The minimum absolute atomic E-state index is 0.00655. The van der Waals surface area contributed by atoms with Crippen molar-refractivity contribution in [2.45, 2.75) is 16.7 Å². The molecule has 0 bridgehead atoms. The van der Waals surface area contributed by atoms with E-state index in [2.05, 4.69) is 40.8 Å². The SMILES string of the molecule is Cc1cc2cc(S(=O)(=O)O)cc(NC(=O)c3ccc4nc(Cl)c(Cl)nc4c3)c2c(O)c1N=Nc1cc(Nc2ncnc(F)c2F)ccc1S(=O)(=O)O. The zero-order valence-electron chi connectivity index (χ0n) is 25.7. The van der Waals surface area contributed by atoms with Crippen LogP contribution in [0.15, 0.2) is 80.9 Å². The monoisotopic (exact) mass is 790 g/mol. The van der Waals surface area contributed by atoms with Crippen LogP contribution in [-0.2, 0) is 20.2 Å². The molecule has 0 unspecified atom stereocenters. The highest BCUT2D eigenvalue weighted by Crippen LogP contribution is 2.44. The summed E-state index contributed by atoms with van der Waals surface area (Å²) in [5.41, 5.74) is -0.592. The third kappa shape index (κ3) is 7.28. The number of nitrogens with zero attached hydrogens (tertiary/aromatic N) is 6. The Bertz CT molecular complexity index is 2760. The molecule has 16 nitrogen and oxygen atoms in total. The smallest absolute Gasteiger partial charge is 0.296 e. The Hall–Kier alpha value is -5.51. The molecule has 266 valence electrons. The second-order valence-electron chi connectivity index (χ2n) is 10.7. The predicted molar refractivity (Wildman–Crippen MR) is 183 cm³/mol. The molecular formula is C30H18Cl2F2N8O8S2. The van der Waals surface area contributed by atoms with Crippen molar-refractivity contribution < 1.29 is 44.6 Å². The van der Waals surface area contributed by atoms with Crippen molar-refractivity contribution >= 4 is 99.7 Å². The molecule has 4 aromatic carbocycles. The van der Waals surface area contributed by atoms with Gasteiger partial charge in [0.1, 0.15) is 22.6 Å². The van der Waals surface area contributed by atoms with Gasteiger partial charge in [-0.15, -0.1) is 10.2 Å². The summed E-state index contributed by atoms with van der Waals surface area (Å²) in [6.07, 6.45) is 0.734. The minimum Gasteiger partial charge on any atom is -0.505 e. The van der Waals surface area contributed by atoms with Gasteiger partial charge in [0.05, 0.1) is 21.6 Å². The normalized spacial score (nSPS) is 12.1. The van der Waals surface area contributed by atoms with E-state index in [9.17, 15) is 44.6 Å². The Labute approximate surface area is 300 Å². The molecule has 1 amide bonds. The van der Waals surface area contributed by atoms with Crippen LogP contribution in [-0.4, -0.2) is 56.9 Å². The fourth-order valence-corrected chi connectivity index (χ4v) is 6.32. The fourth-order valence-electron chi connectivity index (χ4n) is 4.91. The number of hydrogen-bond acceptors (Lipinski definition) is 13. The summed E-state index contributed by atoms with van der Waals surface area (Å²) in [7, 11) is -9.78. The zero-order valence-corrected chi connectivity index (χ0v) is 28.8. The summed E-state index contributed by atoms with van der Waals surface area (Å²) in [4.78, 5) is 26.8. The molecule has 2 heterocycles. The number of aromatic nitrogens is 4. The van der Waals surface area contributed by atoms with E-state index in [1.165, 1.54) is 31.2 Å². The summed E-state index contributed by atoms with van der Waals surface area (Å²) in [5.74, 6) is -5.02. The molecule has 0 aliphatic rings. The average Bonchev–Trinajstić information content (AvgIpc) is 3.06. The van der Waals surface area contributed by atoms with Crippen LogP contribution in [0.5, 0.6) is 5.75 Å². The van der Waals surface area contributed by atoms with Crippen molar-refractivity contribution in [1.29, 1.82) is 0 Å². The number of carbonyl (C=O) groups excluding carboxylic acids is 1. The third-order valence-electron chi connectivity index (χ3n) is 7.24. The van der Waals surface area contributed by atoms with E-state index >= 15 is 0 Å². The Morgan fingerprint density at radius 3 is 2.27 bits per heavy atom. The molecule has 6 aromatic rings. The predicted octanol–water partition coefficient (Wildman–Crippen LogP) is 7.08. The number of benzene rings is 4. The largest absolute Gasteiger partial charge is 0.505 e. The van der Waals surface area contributed by atoms with Gasteiger partial charge in [0.15, 0.2) is 21.9 Å². The average molecular weight is 792 g/mol. The molecule has 0 aliphatic carbocycles. The number of halogens is 4. The summed E-state index contributed by atoms with van der Waals surface area (Å²) < 4.78 is 96.1. The highest BCUT2D eigenvalue weighted by Gasteiger charge is 2.22. The Kier molecular flexibility index (Phi) is 9.46. The molecule has 0 radical (unpaired) electrons. The maximum atomic E-state index is 14.2. The van der Waals surface area contributed by atoms with E-state index in [4.69, 9.17) is 23.2 Å². The second-order valence-corrected chi connectivity index (χ2v) is 14.2. The van der Waals surface area contributed by atoms with Crippen LogP contribution >= 0.6 is 23.2 Å². The van der Waals surface area contributed by atoms with Gasteiger partial charge in [-0.2, -0.15) is 25.6 Å². The van der Waals surface area contributed by atoms with Gasteiger partial charge in [0.25, 0.3) is 32.1 Å². The summed E-state index contributed by atoms with van der Waals surface area (Å²) >= 11 is 11.9. The summed E-state index contributed by atoms with van der Waals surface area (Å²) in [5, 5.41) is 23.9. The van der Waals surface area contributed by atoms with E-state index in [1.807, 2.05) is 0 Å². The first-order valence-corrected chi connectivity index (χ1v) is 17.7. The van der Waals surface area contributed by atoms with Crippen LogP contribution in [0.25, 0.3) is 21.8 Å². The molecule has 6 rings (SSSR count). The van der Waals surface area contributed by atoms with Crippen LogP contribution < -0.4 is 10.6 Å². The number of rotatable bonds is 8. The van der Waals surface area contributed by atoms with Crippen molar-refractivity contribution in [1.82, 2.24) is 19.9 Å². The highest BCUT2D eigenvalue weighted by molar-refractivity contribution is 7.86. The fraction of sp³-hybridized carbons (Fsp3) is 0.0333. The third-order valence-corrected chi connectivity index (χ3v) is 9.60.